The molecule has 0 fully saturated rings. The second kappa shape index (κ2) is 11.4. The molecular weight excluding hydrogens is 398 g/mol. The van der Waals surface area contributed by atoms with Gasteiger partial charge < -0.3 is 9.64 Å². The molecule has 0 aliphatic carbocycles. The van der Waals surface area contributed by atoms with Crippen LogP contribution in [0.25, 0.3) is 0 Å². The SMILES string of the molecule is C=CCOC(=O)C1=C(C)N=C(SCC(=O)N(CC)CC)C(C#N)[C@@H]1c1ccccc1. The maximum absolute atomic E-state index is 12.8. The van der Waals surface area contributed by atoms with Crippen molar-refractivity contribution in [3.8, 4) is 6.07 Å². The summed E-state index contributed by atoms with van der Waals surface area (Å²) in [5, 5.41) is 10.5. The van der Waals surface area contributed by atoms with Crippen LogP contribution < -0.4 is 0 Å². The monoisotopic (exact) mass is 425 g/mol. The van der Waals surface area contributed by atoms with Gasteiger partial charge >= 0.3 is 5.97 Å². The Bertz CT molecular complexity index is 883. The second-order valence-electron chi connectivity index (χ2n) is 6.69. The highest BCUT2D eigenvalue weighted by atomic mass is 32.2. The summed E-state index contributed by atoms with van der Waals surface area (Å²) in [6.07, 6.45) is 1.50. The molecule has 2 rings (SSSR count). The van der Waals surface area contributed by atoms with Crippen molar-refractivity contribution in [1.82, 2.24) is 4.90 Å². The van der Waals surface area contributed by atoms with Crippen molar-refractivity contribution < 1.29 is 14.3 Å². The zero-order valence-electron chi connectivity index (χ0n) is 17.6. The van der Waals surface area contributed by atoms with Crippen LogP contribution in [0, 0.1) is 17.2 Å². The van der Waals surface area contributed by atoms with Crippen LogP contribution in [0.4, 0.5) is 0 Å². The number of thioether (sulfide) groups is 1. The zero-order valence-corrected chi connectivity index (χ0v) is 18.4. The molecule has 7 heteroatoms. The third-order valence-corrected chi connectivity index (χ3v) is 5.92. The van der Waals surface area contributed by atoms with E-state index in [9.17, 15) is 14.9 Å². The molecule has 1 heterocycles. The topological polar surface area (TPSA) is 82.8 Å². The van der Waals surface area contributed by atoms with Crippen molar-refractivity contribution in [3.05, 3.63) is 59.8 Å². The minimum atomic E-state index is -0.683. The lowest BCUT2D eigenvalue weighted by atomic mass is 9.79. The van der Waals surface area contributed by atoms with Crippen LogP contribution in [0.5, 0.6) is 0 Å². The number of benzene rings is 1. The minimum absolute atomic E-state index is 0.00141. The van der Waals surface area contributed by atoms with Crippen molar-refractivity contribution in [2.75, 3.05) is 25.4 Å². The number of aliphatic imine (C=N–C) groups is 1. The summed E-state index contributed by atoms with van der Waals surface area (Å²) in [5.41, 5.74) is 1.70. The van der Waals surface area contributed by atoms with E-state index in [1.165, 1.54) is 17.8 Å². The standard InChI is InChI=1S/C23H27N3O3S/c1-5-13-29-23(28)20-16(4)25-22(30-15-19(27)26(6-2)7-3)18(14-24)21(20)17-11-9-8-10-12-17/h5,8-12,18,21H,1,6-7,13,15H2,2-4H3/t18?,21-/m0/s1. The maximum Gasteiger partial charge on any atom is 0.336 e. The molecule has 1 amide bonds. The Morgan fingerprint density at radius 2 is 1.97 bits per heavy atom. The molecule has 0 saturated carbocycles. The summed E-state index contributed by atoms with van der Waals surface area (Å²) >= 11 is 1.26. The van der Waals surface area contributed by atoms with Crippen molar-refractivity contribution >= 4 is 28.7 Å². The van der Waals surface area contributed by atoms with Gasteiger partial charge in [-0.3, -0.25) is 4.79 Å². The van der Waals surface area contributed by atoms with Gasteiger partial charge in [0.05, 0.1) is 22.4 Å². The molecule has 0 N–H and O–H groups in total. The van der Waals surface area contributed by atoms with Gasteiger partial charge in [0.2, 0.25) is 5.91 Å². The second-order valence-corrected chi connectivity index (χ2v) is 7.68. The van der Waals surface area contributed by atoms with E-state index in [1.807, 2.05) is 44.2 Å². The molecule has 0 aromatic heterocycles. The summed E-state index contributed by atoms with van der Waals surface area (Å²) in [5.74, 6) is -1.51. The highest BCUT2D eigenvalue weighted by molar-refractivity contribution is 8.14. The number of esters is 1. The molecule has 1 unspecified atom stereocenters. The number of hydrogen-bond acceptors (Lipinski definition) is 6. The Balaban J connectivity index is 2.42. The number of allylic oxidation sites excluding steroid dienone is 1. The van der Waals surface area contributed by atoms with E-state index >= 15 is 0 Å². The van der Waals surface area contributed by atoms with Crippen LogP contribution in [0.2, 0.25) is 0 Å². The Labute approximate surface area is 182 Å². The molecule has 6 nitrogen and oxygen atoms in total. The Kier molecular flexibility index (Phi) is 8.88. The smallest absolute Gasteiger partial charge is 0.336 e. The van der Waals surface area contributed by atoms with Crippen LogP contribution in [-0.4, -0.2) is 47.3 Å². The fourth-order valence-corrected chi connectivity index (χ4v) is 4.41. The van der Waals surface area contributed by atoms with E-state index in [-0.39, 0.29) is 18.3 Å². The average molecular weight is 426 g/mol. The van der Waals surface area contributed by atoms with Gasteiger partial charge in [-0.1, -0.05) is 54.7 Å². The molecular formula is C23H27N3O3S. The van der Waals surface area contributed by atoms with Gasteiger partial charge in [0, 0.05) is 24.7 Å². The predicted octanol–water partition coefficient (Wildman–Crippen LogP) is 3.93. The van der Waals surface area contributed by atoms with Crippen LogP contribution in [0.1, 0.15) is 32.3 Å². The number of nitrogens with zero attached hydrogens (tertiary/aromatic N) is 3. The Morgan fingerprint density at radius 1 is 1.30 bits per heavy atom. The van der Waals surface area contributed by atoms with Crippen LogP contribution in [0.15, 0.2) is 59.2 Å². The summed E-state index contributed by atoms with van der Waals surface area (Å²) in [7, 11) is 0. The van der Waals surface area contributed by atoms with Gasteiger partial charge in [-0.25, -0.2) is 9.79 Å². The lowest BCUT2D eigenvalue weighted by Crippen LogP contribution is -2.34. The minimum Gasteiger partial charge on any atom is -0.458 e. The molecule has 0 bridgehead atoms. The zero-order chi connectivity index (χ0) is 22.1. The molecule has 1 aromatic carbocycles. The largest absolute Gasteiger partial charge is 0.458 e. The quantitative estimate of drug-likeness (QED) is 0.466. The Morgan fingerprint density at radius 3 is 2.53 bits per heavy atom. The van der Waals surface area contributed by atoms with Gasteiger partial charge in [0.25, 0.3) is 0 Å². The average Bonchev–Trinajstić information content (AvgIpc) is 2.76. The van der Waals surface area contributed by atoms with E-state index in [0.717, 1.165) is 5.56 Å². The molecule has 1 aliphatic heterocycles. The molecule has 30 heavy (non-hydrogen) atoms. The van der Waals surface area contributed by atoms with E-state index in [4.69, 9.17) is 4.74 Å². The lowest BCUT2D eigenvalue weighted by Gasteiger charge is -2.30. The molecule has 0 spiro atoms. The van der Waals surface area contributed by atoms with Gasteiger partial charge in [-0.15, -0.1) is 0 Å². The summed E-state index contributed by atoms with van der Waals surface area (Å²) in [4.78, 5) is 31.5. The molecule has 158 valence electrons. The predicted molar refractivity (Wildman–Crippen MR) is 120 cm³/mol. The summed E-state index contributed by atoms with van der Waals surface area (Å²) in [6.45, 7) is 10.5. The normalized spacial score (nSPS) is 18.3. The van der Waals surface area contributed by atoms with Crippen LogP contribution in [-0.2, 0) is 14.3 Å². The van der Waals surface area contributed by atoms with Crippen molar-refractivity contribution in [2.24, 2.45) is 10.9 Å². The number of rotatable bonds is 8. The number of carbonyl (C=O) groups excluding carboxylic acids is 2. The fraction of sp³-hybridized carbons (Fsp3) is 0.391. The first-order valence-electron chi connectivity index (χ1n) is 9.90. The van der Waals surface area contributed by atoms with Gasteiger partial charge in [0.1, 0.15) is 12.5 Å². The highest BCUT2D eigenvalue weighted by Gasteiger charge is 2.39. The third-order valence-electron chi connectivity index (χ3n) is 4.89. The van der Waals surface area contributed by atoms with E-state index in [2.05, 4.69) is 17.6 Å². The first-order chi connectivity index (χ1) is 14.5. The Hall–Kier alpha value is -2.85. The summed E-state index contributed by atoms with van der Waals surface area (Å²) in [6, 6.07) is 11.7. The van der Waals surface area contributed by atoms with E-state index in [1.54, 1.807) is 11.8 Å². The van der Waals surface area contributed by atoms with Crippen molar-refractivity contribution in [2.45, 2.75) is 26.7 Å². The van der Waals surface area contributed by atoms with Crippen LogP contribution in [0.3, 0.4) is 0 Å². The number of hydrogen-bond donors (Lipinski definition) is 0. The number of ether oxygens (including phenoxy) is 1. The van der Waals surface area contributed by atoms with Crippen LogP contribution >= 0.6 is 11.8 Å². The molecule has 2 atom stereocenters. The fourth-order valence-electron chi connectivity index (χ4n) is 3.39. The van der Waals surface area contributed by atoms with E-state index in [0.29, 0.717) is 29.4 Å². The maximum atomic E-state index is 12.8. The highest BCUT2D eigenvalue weighted by Crippen LogP contribution is 2.41. The van der Waals surface area contributed by atoms with E-state index < -0.39 is 17.8 Å². The first-order valence-corrected chi connectivity index (χ1v) is 10.9. The third kappa shape index (κ3) is 5.39. The number of carbonyl (C=O) groups is 2. The molecule has 1 aliphatic rings. The summed E-state index contributed by atoms with van der Waals surface area (Å²) < 4.78 is 5.28. The number of amides is 1. The van der Waals surface area contributed by atoms with Crippen molar-refractivity contribution in [3.63, 3.8) is 0 Å². The molecule has 0 saturated heterocycles. The lowest BCUT2D eigenvalue weighted by molar-refractivity contribution is -0.138. The number of nitriles is 1. The van der Waals surface area contributed by atoms with Gasteiger partial charge in [-0.2, -0.15) is 5.26 Å². The first kappa shape index (κ1) is 23.4. The van der Waals surface area contributed by atoms with Gasteiger partial charge in [0.15, 0.2) is 0 Å². The molecule has 0 radical (unpaired) electrons. The van der Waals surface area contributed by atoms with Crippen molar-refractivity contribution in [1.29, 1.82) is 5.26 Å². The molecule has 1 aromatic rings. The van der Waals surface area contributed by atoms with Gasteiger partial charge in [-0.05, 0) is 26.3 Å².